The molecular weight excluding hydrogens is 230 g/mol. The number of aryl methyl sites for hydroxylation is 3. The molecule has 0 saturated heterocycles. The van der Waals surface area contributed by atoms with Crippen LogP contribution in [0.5, 0.6) is 0 Å². The van der Waals surface area contributed by atoms with E-state index >= 15 is 0 Å². The molecule has 1 fully saturated rings. The fourth-order valence-corrected chi connectivity index (χ4v) is 3.85. The van der Waals surface area contributed by atoms with Gasteiger partial charge in [-0.3, -0.25) is 0 Å². The Kier molecular flexibility index (Phi) is 5.04. The lowest BCUT2D eigenvalue weighted by atomic mass is 9.86. The molecule has 0 spiro atoms. The van der Waals surface area contributed by atoms with Crippen LogP contribution in [0.4, 0.5) is 0 Å². The van der Waals surface area contributed by atoms with Crippen molar-refractivity contribution < 1.29 is 0 Å². The SMILES string of the molecule is Cc1cc(C)c(C(N)CC2CCCCCC2)c(C)c1. The van der Waals surface area contributed by atoms with Gasteiger partial charge in [0.05, 0.1) is 0 Å². The fourth-order valence-electron chi connectivity index (χ4n) is 3.85. The molecule has 19 heavy (non-hydrogen) atoms. The van der Waals surface area contributed by atoms with Crippen LogP contribution in [0.2, 0.25) is 0 Å². The summed E-state index contributed by atoms with van der Waals surface area (Å²) >= 11 is 0. The van der Waals surface area contributed by atoms with Gasteiger partial charge in [0.15, 0.2) is 0 Å². The summed E-state index contributed by atoms with van der Waals surface area (Å²) in [6.07, 6.45) is 9.61. The van der Waals surface area contributed by atoms with E-state index in [1.807, 2.05) is 0 Å². The van der Waals surface area contributed by atoms with Crippen molar-refractivity contribution in [3.05, 3.63) is 34.4 Å². The van der Waals surface area contributed by atoms with E-state index in [0.29, 0.717) is 0 Å². The Labute approximate surface area is 118 Å². The van der Waals surface area contributed by atoms with Crippen LogP contribution in [-0.4, -0.2) is 0 Å². The smallest absolute Gasteiger partial charge is 0.0302 e. The second kappa shape index (κ2) is 6.56. The first-order valence-electron chi connectivity index (χ1n) is 7.91. The van der Waals surface area contributed by atoms with E-state index in [4.69, 9.17) is 5.73 Å². The van der Waals surface area contributed by atoms with Gasteiger partial charge in [-0.2, -0.15) is 0 Å². The third-order valence-electron chi connectivity index (χ3n) is 4.67. The van der Waals surface area contributed by atoms with Crippen molar-refractivity contribution >= 4 is 0 Å². The van der Waals surface area contributed by atoms with Crippen molar-refractivity contribution in [2.24, 2.45) is 11.7 Å². The third-order valence-corrected chi connectivity index (χ3v) is 4.67. The number of nitrogens with two attached hydrogens (primary N) is 1. The van der Waals surface area contributed by atoms with Crippen LogP contribution in [0, 0.1) is 26.7 Å². The van der Waals surface area contributed by atoms with Gasteiger partial charge in [-0.05, 0) is 49.8 Å². The molecule has 1 saturated carbocycles. The van der Waals surface area contributed by atoms with Crippen LogP contribution >= 0.6 is 0 Å². The van der Waals surface area contributed by atoms with Crippen molar-refractivity contribution in [2.45, 2.75) is 71.8 Å². The van der Waals surface area contributed by atoms with E-state index in [0.717, 1.165) is 5.92 Å². The predicted octanol–water partition coefficient (Wildman–Crippen LogP) is 4.97. The van der Waals surface area contributed by atoms with Crippen molar-refractivity contribution in [1.29, 1.82) is 0 Å². The van der Waals surface area contributed by atoms with Crippen LogP contribution in [-0.2, 0) is 0 Å². The van der Waals surface area contributed by atoms with Gasteiger partial charge < -0.3 is 5.73 Å². The van der Waals surface area contributed by atoms with Gasteiger partial charge in [0, 0.05) is 6.04 Å². The average Bonchev–Trinajstić information content (AvgIpc) is 2.56. The maximum Gasteiger partial charge on any atom is 0.0302 e. The van der Waals surface area contributed by atoms with Gasteiger partial charge in [-0.1, -0.05) is 56.2 Å². The average molecular weight is 259 g/mol. The molecule has 1 atom stereocenters. The minimum absolute atomic E-state index is 0.226. The summed E-state index contributed by atoms with van der Waals surface area (Å²) in [7, 11) is 0. The second-order valence-corrected chi connectivity index (χ2v) is 6.51. The monoisotopic (exact) mass is 259 g/mol. The topological polar surface area (TPSA) is 26.0 Å². The van der Waals surface area contributed by atoms with E-state index in [2.05, 4.69) is 32.9 Å². The molecule has 1 unspecified atom stereocenters. The maximum absolute atomic E-state index is 6.53. The molecule has 1 aliphatic rings. The van der Waals surface area contributed by atoms with E-state index < -0.39 is 0 Å². The lowest BCUT2D eigenvalue weighted by molar-refractivity contribution is 0.392. The van der Waals surface area contributed by atoms with Gasteiger partial charge in [0.25, 0.3) is 0 Å². The molecule has 106 valence electrons. The Bertz CT molecular complexity index is 391. The Morgan fingerprint density at radius 1 is 1.00 bits per heavy atom. The van der Waals surface area contributed by atoms with Crippen molar-refractivity contribution in [1.82, 2.24) is 0 Å². The fraction of sp³-hybridized carbons (Fsp3) is 0.667. The van der Waals surface area contributed by atoms with Crippen LogP contribution in [0.3, 0.4) is 0 Å². The highest BCUT2D eigenvalue weighted by molar-refractivity contribution is 5.39. The maximum atomic E-state index is 6.53. The van der Waals surface area contributed by atoms with Crippen molar-refractivity contribution in [3.8, 4) is 0 Å². The largest absolute Gasteiger partial charge is 0.324 e. The van der Waals surface area contributed by atoms with E-state index in [-0.39, 0.29) is 6.04 Å². The zero-order chi connectivity index (χ0) is 13.8. The highest BCUT2D eigenvalue weighted by Gasteiger charge is 2.19. The molecule has 1 heteroatoms. The summed E-state index contributed by atoms with van der Waals surface area (Å²) in [6, 6.07) is 4.77. The molecule has 0 amide bonds. The van der Waals surface area contributed by atoms with Gasteiger partial charge in [0.1, 0.15) is 0 Å². The highest BCUT2D eigenvalue weighted by atomic mass is 14.6. The number of benzene rings is 1. The summed E-state index contributed by atoms with van der Waals surface area (Å²) in [5, 5.41) is 0. The number of rotatable bonds is 3. The molecule has 1 aromatic carbocycles. The first kappa shape index (κ1) is 14.6. The summed E-state index contributed by atoms with van der Waals surface area (Å²) in [6.45, 7) is 6.59. The van der Waals surface area contributed by atoms with E-state index in [1.54, 1.807) is 0 Å². The van der Waals surface area contributed by atoms with Gasteiger partial charge >= 0.3 is 0 Å². The van der Waals surface area contributed by atoms with Gasteiger partial charge in [-0.15, -0.1) is 0 Å². The number of hydrogen-bond acceptors (Lipinski definition) is 1. The summed E-state index contributed by atoms with van der Waals surface area (Å²) in [5.41, 5.74) is 12.0. The molecule has 2 rings (SSSR count). The zero-order valence-corrected chi connectivity index (χ0v) is 12.8. The number of hydrogen-bond donors (Lipinski definition) is 1. The second-order valence-electron chi connectivity index (χ2n) is 6.51. The molecule has 1 nitrogen and oxygen atoms in total. The molecular formula is C18H29N. The molecule has 2 N–H and O–H groups in total. The highest BCUT2D eigenvalue weighted by Crippen LogP contribution is 2.32. The summed E-state index contributed by atoms with van der Waals surface area (Å²) < 4.78 is 0. The lowest BCUT2D eigenvalue weighted by Gasteiger charge is -2.23. The Morgan fingerprint density at radius 3 is 2.05 bits per heavy atom. The lowest BCUT2D eigenvalue weighted by Crippen LogP contribution is -2.18. The summed E-state index contributed by atoms with van der Waals surface area (Å²) in [5.74, 6) is 0.845. The van der Waals surface area contributed by atoms with Gasteiger partial charge in [-0.25, -0.2) is 0 Å². The standard InChI is InChI=1S/C18H29N/c1-13-10-14(2)18(15(3)11-13)17(19)12-16-8-6-4-5-7-9-16/h10-11,16-17H,4-9,12,19H2,1-3H3. The quantitative estimate of drug-likeness (QED) is 0.762. The minimum Gasteiger partial charge on any atom is -0.324 e. The van der Waals surface area contributed by atoms with Crippen LogP contribution in [0.15, 0.2) is 12.1 Å². The molecule has 0 bridgehead atoms. The molecule has 0 heterocycles. The van der Waals surface area contributed by atoms with E-state index in [9.17, 15) is 0 Å². The van der Waals surface area contributed by atoms with Crippen molar-refractivity contribution in [2.75, 3.05) is 0 Å². The van der Waals surface area contributed by atoms with Crippen LogP contribution in [0.25, 0.3) is 0 Å². The van der Waals surface area contributed by atoms with Gasteiger partial charge in [0.2, 0.25) is 0 Å². The molecule has 0 aliphatic heterocycles. The first-order chi connectivity index (χ1) is 9.08. The Hall–Kier alpha value is -0.820. The molecule has 0 radical (unpaired) electrons. The minimum atomic E-state index is 0.226. The van der Waals surface area contributed by atoms with E-state index in [1.165, 1.54) is 67.2 Å². The molecule has 0 aromatic heterocycles. The first-order valence-corrected chi connectivity index (χ1v) is 7.91. The van der Waals surface area contributed by atoms with Crippen LogP contribution < -0.4 is 5.73 Å². The molecule has 1 aromatic rings. The Balaban J connectivity index is 2.08. The van der Waals surface area contributed by atoms with Crippen molar-refractivity contribution in [3.63, 3.8) is 0 Å². The predicted molar refractivity (Wildman–Crippen MR) is 83.4 cm³/mol. The third kappa shape index (κ3) is 3.82. The zero-order valence-electron chi connectivity index (χ0n) is 12.8. The summed E-state index contributed by atoms with van der Waals surface area (Å²) in [4.78, 5) is 0. The van der Waals surface area contributed by atoms with Crippen LogP contribution in [0.1, 0.15) is 73.2 Å². The normalized spacial score (nSPS) is 19.2. The Morgan fingerprint density at radius 2 is 1.53 bits per heavy atom. The molecule has 1 aliphatic carbocycles.